The molecule has 1 aromatic carbocycles. The Morgan fingerprint density at radius 1 is 0.553 bits per heavy atom. The van der Waals surface area contributed by atoms with Gasteiger partial charge in [0, 0.05) is 0 Å². The molecule has 1 atom stereocenters. The van der Waals surface area contributed by atoms with E-state index in [1.165, 1.54) is 153 Å². The molecule has 0 aromatic heterocycles. The zero-order chi connectivity index (χ0) is 27.5. The first-order valence-corrected chi connectivity index (χ1v) is 17.0. The molecule has 0 heterocycles. The first kappa shape index (κ1) is 34.7. The molecule has 0 saturated heterocycles. The standard InChI is InChI=1S/C36H64O2/c1-3-5-7-9-11-13-15-16-17-18-20-22-24-26-32-35(36(37)38)34-31-28-27-30-33(34)29-25-23-21-19-14-12-10-8-6-4-2/h27-28,30-31,35H,3-26,29,32H2,1-2H3,(H,37,38). The molecule has 38 heavy (non-hydrogen) atoms. The second-order valence-electron chi connectivity index (χ2n) is 11.9. The van der Waals surface area contributed by atoms with Crippen molar-refractivity contribution in [1.29, 1.82) is 0 Å². The Kier molecular flexibility index (Phi) is 23.7. The van der Waals surface area contributed by atoms with Gasteiger partial charge in [-0.3, -0.25) is 4.79 Å². The summed E-state index contributed by atoms with van der Waals surface area (Å²) in [7, 11) is 0. The summed E-state index contributed by atoms with van der Waals surface area (Å²) in [5.41, 5.74) is 2.34. The molecule has 1 aromatic rings. The summed E-state index contributed by atoms with van der Waals surface area (Å²) in [6.07, 6.45) is 33.9. The summed E-state index contributed by atoms with van der Waals surface area (Å²) >= 11 is 0. The minimum atomic E-state index is -0.643. The number of unbranched alkanes of at least 4 members (excludes halogenated alkanes) is 22. The Morgan fingerprint density at radius 3 is 1.34 bits per heavy atom. The second kappa shape index (κ2) is 25.9. The van der Waals surface area contributed by atoms with Gasteiger partial charge in [0.05, 0.1) is 5.92 Å². The van der Waals surface area contributed by atoms with Gasteiger partial charge >= 0.3 is 5.97 Å². The van der Waals surface area contributed by atoms with Crippen LogP contribution in [-0.4, -0.2) is 11.1 Å². The Labute approximate surface area is 237 Å². The zero-order valence-electron chi connectivity index (χ0n) is 25.6. The Hall–Kier alpha value is -1.31. The fraction of sp³-hybridized carbons (Fsp3) is 0.806. The van der Waals surface area contributed by atoms with Gasteiger partial charge in [-0.2, -0.15) is 0 Å². The van der Waals surface area contributed by atoms with Crippen molar-refractivity contribution in [2.24, 2.45) is 0 Å². The predicted octanol–water partition coefficient (Wildman–Crippen LogP) is 12.2. The highest BCUT2D eigenvalue weighted by atomic mass is 16.4. The van der Waals surface area contributed by atoms with Crippen LogP contribution in [0.1, 0.15) is 191 Å². The molecule has 0 aliphatic carbocycles. The van der Waals surface area contributed by atoms with Crippen LogP contribution in [0.15, 0.2) is 24.3 Å². The molecule has 0 aliphatic rings. The number of aliphatic carboxylic acids is 1. The third-order valence-corrected chi connectivity index (χ3v) is 8.37. The monoisotopic (exact) mass is 528 g/mol. The minimum absolute atomic E-state index is 0.341. The fourth-order valence-electron chi connectivity index (χ4n) is 5.86. The number of benzene rings is 1. The number of carbonyl (C=O) groups is 1. The second-order valence-corrected chi connectivity index (χ2v) is 11.9. The van der Waals surface area contributed by atoms with Gasteiger partial charge in [0.1, 0.15) is 0 Å². The van der Waals surface area contributed by atoms with Crippen molar-refractivity contribution < 1.29 is 9.90 Å². The van der Waals surface area contributed by atoms with Crippen LogP contribution in [0.25, 0.3) is 0 Å². The molecule has 1 N–H and O–H groups in total. The SMILES string of the molecule is CCCCCCCCCCCCCCCCC(C(=O)O)c1ccccc1CCCCCCCCCCCC. The van der Waals surface area contributed by atoms with Gasteiger partial charge in [0.2, 0.25) is 0 Å². The molecule has 0 radical (unpaired) electrons. The largest absolute Gasteiger partial charge is 0.481 e. The maximum absolute atomic E-state index is 12.2. The molecule has 0 aliphatic heterocycles. The molecule has 0 amide bonds. The van der Waals surface area contributed by atoms with Crippen molar-refractivity contribution in [3.05, 3.63) is 35.4 Å². The molecular formula is C36H64O2. The summed E-state index contributed by atoms with van der Waals surface area (Å²) < 4.78 is 0. The number of hydrogen-bond donors (Lipinski definition) is 1. The van der Waals surface area contributed by atoms with Crippen molar-refractivity contribution in [2.75, 3.05) is 0 Å². The van der Waals surface area contributed by atoms with E-state index in [0.29, 0.717) is 0 Å². The van der Waals surface area contributed by atoms with Crippen molar-refractivity contribution in [1.82, 2.24) is 0 Å². The first-order valence-electron chi connectivity index (χ1n) is 17.0. The summed E-state index contributed by atoms with van der Waals surface area (Å²) in [6.45, 7) is 4.56. The molecule has 1 rings (SSSR count). The van der Waals surface area contributed by atoms with Crippen LogP contribution in [0.5, 0.6) is 0 Å². The normalized spacial score (nSPS) is 12.2. The van der Waals surface area contributed by atoms with E-state index < -0.39 is 5.97 Å². The number of rotatable bonds is 28. The topological polar surface area (TPSA) is 37.3 Å². The van der Waals surface area contributed by atoms with Gasteiger partial charge in [0.25, 0.3) is 0 Å². The van der Waals surface area contributed by atoms with Crippen molar-refractivity contribution in [2.45, 2.75) is 187 Å². The van der Waals surface area contributed by atoms with Gasteiger partial charge in [-0.05, 0) is 30.4 Å². The van der Waals surface area contributed by atoms with Crippen LogP contribution < -0.4 is 0 Å². The maximum atomic E-state index is 12.2. The molecule has 0 spiro atoms. The lowest BCUT2D eigenvalue weighted by molar-refractivity contribution is -0.139. The fourth-order valence-corrected chi connectivity index (χ4v) is 5.86. The van der Waals surface area contributed by atoms with Crippen LogP contribution in [-0.2, 0) is 11.2 Å². The molecule has 0 saturated carbocycles. The highest BCUT2D eigenvalue weighted by molar-refractivity contribution is 5.76. The van der Waals surface area contributed by atoms with E-state index in [0.717, 1.165) is 24.8 Å². The molecule has 2 heteroatoms. The van der Waals surface area contributed by atoms with E-state index in [4.69, 9.17) is 0 Å². The van der Waals surface area contributed by atoms with Gasteiger partial charge in [-0.25, -0.2) is 0 Å². The summed E-state index contributed by atoms with van der Waals surface area (Å²) in [6, 6.07) is 8.36. The van der Waals surface area contributed by atoms with Crippen molar-refractivity contribution in [3.63, 3.8) is 0 Å². The van der Waals surface area contributed by atoms with Gasteiger partial charge in [-0.15, -0.1) is 0 Å². The van der Waals surface area contributed by atoms with E-state index in [1.807, 2.05) is 6.07 Å². The average Bonchev–Trinajstić information content (AvgIpc) is 2.92. The van der Waals surface area contributed by atoms with E-state index in [-0.39, 0.29) is 5.92 Å². The lowest BCUT2D eigenvalue weighted by Crippen LogP contribution is -2.14. The van der Waals surface area contributed by atoms with Crippen LogP contribution in [0.2, 0.25) is 0 Å². The van der Waals surface area contributed by atoms with Crippen LogP contribution in [0.3, 0.4) is 0 Å². The van der Waals surface area contributed by atoms with Gasteiger partial charge in [-0.1, -0.05) is 186 Å². The highest BCUT2D eigenvalue weighted by Crippen LogP contribution is 2.28. The van der Waals surface area contributed by atoms with E-state index in [2.05, 4.69) is 32.0 Å². The molecular weight excluding hydrogens is 464 g/mol. The quantitative estimate of drug-likeness (QED) is 0.110. The number of carboxylic acids is 1. The highest BCUT2D eigenvalue weighted by Gasteiger charge is 2.21. The van der Waals surface area contributed by atoms with E-state index >= 15 is 0 Å². The lowest BCUT2D eigenvalue weighted by Gasteiger charge is -2.17. The lowest BCUT2D eigenvalue weighted by atomic mass is 9.87. The average molecular weight is 529 g/mol. The molecule has 2 nitrogen and oxygen atoms in total. The summed E-state index contributed by atoms with van der Waals surface area (Å²) in [5.74, 6) is -0.984. The smallest absolute Gasteiger partial charge is 0.310 e. The van der Waals surface area contributed by atoms with Crippen LogP contribution in [0, 0.1) is 0 Å². The molecule has 1 unspecified atom stereocenters. The van der Waals surface area contributed by atoms with Crippen LogP contribution >= 0.6 is 0 Å². The zero-order valence-corrected chi connectivity index (χ0v) is 25.6. The number of carboxylic acid groups (broad SMARTS) is 1. The Morgan fingerprint density at radius 2 is 0.921 bits per heavy atom. The van der Waals surface area contributed by atoms with Crippen LogP contribution in [0.4, 0.5) is 0 Å². The molecule has 0 fully saturated rings. The molecule has 0 bridgehead atoms. The maximum Gasteiger partial charge on any atom is 0.310 e. The van der Waals surface area contributed by atoms with Crippen molar-refractivity contribution >= 4 is 5.97 Å². The number of hydrogen-bond acceptors (Lipinski definition) is 1. The van der Waals surface area contributed by atoms with Gasteiger partial charge in [0.15, 0.2) is 0 Å². The Balaban J connectivity index is 2.18. The van der Waals surface area contributed by atoms with Gasteiger partial charge < -0.3 is 5.11 Å². The minimum Gasteiger partial charge on any atom is -0.481 e. The first-order chi connectivity index (χ1) is 18.7. The summed E-state index contributed by atoms with van der Waals surface area (Å²) in [4.78, 5) is 12.2. The third kappa shape index (κ3) is 18.9. The third-order valence-electron chi connectivity index (χ3n) is 8.37. The predicted molar refractivity (Wildman–Crippen MR) is 167 cm³/mol. The summed E-state index contributed by atoms with van der Waals surface area (Å²) in [5, 5.41) is 10.0. The van der Waals surface area contributed by atoms with Crippen molar-refractivity contribution in [3.8, 4) is 0 Å². The van der Waals surface area contributed by atoms with E-state index in [1.54, 1.807) is 0 Å². The van der Waals surface area contributed by atoms with E-state index in [9.17, 15) is 9.90 Å². The Bertz CT molecular complexity index is 652. The molecule has 220 valence electrons. The number of aryl methyl sites for hydroxylation is 1.